The highest BCUT2D eigenvalue weighted by Crippen LogP contribution is 2.41. The predicted molar refractivity (Wildman–Crippen MR) is 48.0 cm³/mol. The molecule has 15 heavy (non-hydrogen) atoms. The molecular weight excluding hydrogens is 207 g/mol. The Hall–Kier alpha value is -1.52. The molecule has 0 unspecified atom stereocenters. The monoisotopic (exact) mass is 215 g/mol. The molecule has 1 aromatic rings. The molecule has 0 radical (unpaired) electrons. The lowest BCUT2D eigenvalue weighted by atomic mass is 9.85. The van der Waals surface area contributed by atoms with Gasteiger partial charge in [0.15, 0.2) is 11.6 Å². The number of hydrogen-bond acceptors (Lipinski definition) is 1. The quantitative estimate of drug-likeness (QED) is 0.661. The average Bonchev–Trinajstić information content (AvgIpc) is 2.36. The molecule has 0 aromatic heterocycles. The van der Waals surface area contributed by atoms with Crippen molar-refractivity contribution < 1.29 is 18.0 Å². The van der Waals surface area contributed by atoms with E-state index < -0.39 is 28.8 Å². The van der Waals surface area contributed by atoms with Crippen molar-refractivity contribution in [2.24, 2.45) is 0 Å². The van der Waals surface area contributed by atoms with Gasteiger partial charge in [-0.3, -0.25) is 4.79 Å². The second kappa shape index (κ2) is 2.74. The van der Waals surface area contributed by atoms with Crippen LogP contribution in [0.3, 0.4) is 0 Å². The van der Waals surface area contributed by atoms with E-state index in [4.69, 9.17) is 0 Å². The zero-order chi connectivity index (χ0) is 11.4. The van der Waals surface area contributed by atoms with E-state index in [1.165, 1.54) is 13.8 Å². The van der Waals surface area contributed by atoms with Gasteiger partial charge in [0.2, 0.25) is 5.91 Å². The minimum Gasteiger partial charge on any atom is -0.322 e. The molecule has 0 fully saturated rings. The fraction of sp³-hybridized carbons (Fsp3) is 0.300. The van der Waals surface area contributed by atoms with Crippen LogP contribution in [0.15, 0.2) is 6.07 Å². The molecule has 1 aliphatic heterocycles. The number of nitrogens with one attached hydrogen (secondary N) is 1. The molecule has 2 rings (SSSR count). The van der Waals surface area contributed by atoms with E-state index in [0.29, 0.717) is 6.07 Å². The van der Waals surface area contributed by atoms with E-state index in [9.17, 15) is 18.0 Å². The summed E-state index contributed by atoms with van der Waals surface area (Å²) in [6.45, 7) is 2.83. The van der Waals surface area contributed by atoms with Gasteiger partial charge in [-0.2, -0.15) is 0 Å². The number of carbonyl (C=O) groups excluding carboxylic acids is 1. The van der Waals surface area contributed by atoms with E-state index in [2.05, 4.69) is 5.32 Å². The topological polar surface area (TPSA) is 29.1 Å². The third-order valence-corrected chi connectivity index (χ3v) is 2.60. The second-order valence-corrected chi connectivity index (χ2v) is 3.98. The van der Waals surface area contributed by atoms with Crippen LogP contribution in [0, 0.1) is 17.5 Å². The lowest BCUT2D eigenvalue weighted by molar-refractivity contribution is -0.119. The van der Waals surface area contributed by atoms with Gasteiger partial charge in [-0.25, -0.2) is 13.2 Å². The van der Waals surface area contributed by atoms with Crippen LogP contribution in [0.25, 0.3) is 0 Å². The molecule has 0 saturated heterocycles. The van der Waals surface area contributed by atoms with Crippen LogP contribution in [0.2, 0.25) is 0 Å². The van der Waals surface area contributed by atoms with Crippen LogP contribution in [0.4, 0.5) is 18.9 Å². The normalized spacial score (nSPS) is 17.5. The molecule has 0 bridgehead atoms. The van der Waals surface area contributed by atoms with Crippen molar-refractivity contribution in [1.82, 2.24) is 0 Å². The van der Waals surface area contributed by atoms with Crippen molar-refractivity contribution in [3.8, 4) is 0 Å². The number of benzene rings is 1. The Balaban J connectivity index is 2.81. The van der Waals surface area contributed by atoms with Gasteiger partial charge >= 0.3 is 0 Å². The Morgan fingerprint density at radius 2 is 1.80 bits per heavy atom. The molecule has 1 amide bonds. The maximum atomic E-state index is 13.4. The molecule has 80 valence electrons. The summed E-state index contributed by atoms with van der Waals surface area (Å²) in [4.78, 5) is 11.4. The highest BCUT2D eigenvalue weighted by Gasteiger charge is 2.43. The van der Waals surface area contributed by atoms with E-state index in [1.54, 1.807) is 0 Å². The number of amides is 1. The molecule has 1 aromatic carbocycles. The van der Waals surface area contributed by atoms with Crippen molar-refractivity contribution in [3.05, 3.63) is 29.1 Å². The molecule has 2 nitrogen and oxygen atoms in total. The Kier molecular flexibility index (Phi) is 1.83. The van der Waals surface area contributed by atoms with Gasteiger partial charge in [-0.15, -0.1) is 0 Å². The van der Waals surface area contributed by atoms with Gasteiger partial charge in [0.25, 0.3) is 0 Å². The van der Waals surface area contributed by atoms with Crippen LogP contribution < -0.4 is 5.32 Å². The molecule has 0 atom stereocenters. The Morgan fingerprint density at radius 3 is 2.40 bits per heavy atom. The van der Waals surface area contributed by atoms with Gasteiger partial charge in [0.05, 0.1) is 11.1 Å². The van der Waals surface area contributed by atoms with Crippen LogP contribution in [0.1, 0.15) is 19.4 Å². The van der Waals surface area contributed by atoms with Crippen LogP contribution >= 0.6 is 0 Å². The summed E-state index contributed by atoms with van der Waals surface area (Å²) in [5.74, 6) is -3.95. The van der Waals surface area contributed by atoms with Crippen LogP contribution in [0.5, 0.6) is 0 Å². The van der Waals surface area contributed by atoms with Crippen molar-refractivity contribution in [2.75, 3.05) is 5.32 Å². The lowest BCUT2D eigenvalue weighted by Crippen LogP contribution is -2.27. The predicted octanol–water partition coefficient (Wildman–Crippen LogP) is 2.33. The number of anilines is 1. The third kappa shape index (κ3) is 1.15. The first kappa shape index (κ1) is 10.0. The highest BCUT2D eigenvalue weighted by molar-refractivity contribution is 6.05. The lowest BCUT2D eigenvalue weighted by Gasteiger charge is -2.15. The maximum Gasteiger partial charge on any atom is 0.234 e. The van der Waals surface area contributed by atoms with Gasteiger partial charge < -0.3 is 5.32 Å². The van der Waals surface area contributed by atoms with Gasteiger partial charge in [0, 0.05) is 11.6 Å². The minimum atomic E-state index is -1.28. The number of fused-ring (bicyclic) bond motifs is 1. The summed E-state index contributed by atoms with van der Waals surface area (Å²) in [5.41, 5.74) is -1.75. The Bertz CT molecular complexity index is 468. The molecule has 1 heterocycles. The Morgan fingerprint density at radius 1 is 1.20 bits per heavy atom. The molecular formula is C10H8F3NO. The largest absolute Gasteiger partial charge is 0.322 e. The van der Waals surface area contributed by atoms with Crippen LogP contribution in [-0.4, -0.2) is 5.91 Å². The summed E-state index contributed by atoms with van der Waals surface area (Å²) >= 11 is 0. The molecule has 5 heteroatoms. The van der Waals surface area contributed by atoms with Gasteiger partial charge in [-0.1, -0.05) is 0 Å². The number of rotatable bonds is 0. The number of halogens is 3. The second-order valence-electron chi connectivity index (χ2n) is 3.98. The number of carbonyl (C=O) groups is 1. The zero-order valence-electron chi connectivity index (χ0n) is 8.12. The van der Waals surface area contributed by atoms with E-state index >= 15 is 0 Å². The highest BCUT2D eigenvalue weighted by atomic mass is 19.2. The van der Waals surface area contributed by atoms with Gasteiger partial charge in [0.1, 0.15) is 5.82 Å². The van der Waals surface area contributed by atoms with Gasteiger partial charge in [-0.05, 0) is 13.8 Å². The summed E-state index contributed by atoms with van der Waals surface area (Å²) in [6.07, 6.45) is 0. The summed E-state index contributed by atoms with van der Waals surface area (Å²) in [5, 5.41) is 2.20. The first-order valence-corrected chi connectivity index (χ1v) is 4.35. The average molecular weight is 215 g/mol. The molecule has 0 spiro atoms. The summed E-state index contributed by atoms with van der Waals surface area (Å²) in [7, 11) is 0. The zero-order valence-corrected chi connectivity index (χ0v) is 8.12. The smallest absolute Gasteiger partial charge is 0.234 e. The first-order valence-electron chi connectivity index (χ1n) is 4.35. The number of hydrogen-bond donors (Lipinski definition) is 1. The fourth-order valence-electron chi connectivity index (χ4n) is 1.69. The maximum absolute atomic E-state index is 13.4. The minimum absolute atomic E-state index is 0.245. The van der Waals surface area contributed by atoms with Crippen molar-refractivity contribution in [2.45, 2.75) is 19.3 Å². The molecule has 0 saturated carbocycles. The molecule has 1 N–H and O–H groups in total. The molecule has 1 aliphatic rings. The van der Waals surface area contributed by atoms with Crippen molar-refractivity contribution in [1.29, 1.82) is 0 Å². The van der Waals surface area contributed by atoms with Crippen molar-refractivity contribution >= 4 is 11.6 Å². The SMILES string of the molecule is CC1(C)C(=O)Nc2c(F)cc(F)c(F)c21. The summed E-state index contributed by atoms with van der Waals surface area (Å²) < 4.78 is 39.6. The summed E-state index contributed by atoms with van der Waals surface area (Å²) in [6, 6.07) is 0.426. The Labute approximate surface area is 84.1 Å². The third-order valence-electron chi connectivity index (χ3n) is 2.60. The fourth-order valence-corrected chi connectivity index (χ4v) is 1.69. The molecule has 0 aliphatic carbocycles. The van der Waals surface area contributed by atoms with E-state index in [-0.39, 0.29) is 11.3 Å². The van der Waals surface area contributed by atoms with E-state index in [1.807, 2.05) is 0 Å². The van der Waals surface area contributed by atoms with Crippen LogP contribution in [-0.2, 0) is 10.2 Å². The van der Waals surface area contributed by atoms with Crippen molar-refractivity contribution in [3.63, 3.8) is 0 Å². The standard InChI is InChI=1S/C10H8F3NO/c1-10(2)6-7(13)4(11)3-5(12)8(6)14-9(10)15/h3H,1-2H3,(H,14,15). The first-order chi connectivity index (χ1) is 6.85. The van der Waals surface area contributed by atoms with E-state index in [0.717, 1.165) is 0 Å².